The largest absolute Gasteiger partial charge is 0.274 e. The zero-order chi connectivity index (χ0) is 23.6. The first-order valence-electron chi connectivity index (χ1n) is 12.0. The number of nitrogens with zero attached hydrogens (tertiary/aromatic N) is 3. The van der Waals surface area contributed by atoms with Gasteiger partial charge >= 0.3 is 0 Å². The average Bonchev–Trinajstić information content (AvgIpc) is 3.56. The lowest BCUT2D eigenvalue weighted by atomic mass is 9.97. The molecule has 36 heavy (non-hydrogen) atoms. The van der Waals surface area contributed by atoms with Crippen LogP contribution in [0.25, 0.3) is 70.0 Å². The summed E-state index contributed by atoms with van der Waals surface area (Å²) in [5.74, 6) is 0.862. The second-order valence-electron chi connectivity index (χ2n) is 9.07. The predicted molar refractivity (Wildman–Crippen MR) is 152 cm³/mol. The van der Waals surface area contributed by atoms with E-state index in [9.17, 15) is 0 Å². The molecule has 0 aliphatic carbocycles. The highest BCUT2D eigenvalue weighted by atomic mass is 32.1. The number of pyridine rings is 1. The molecule has 3 heterocycles. The lowest BCUT2D eigenvalue weighted by Crippen LogP contribution is -1.95. The fourth-order valence-corrected chi connectivity index (χ4v) is 6.77. The summed E-state index contributed by atoms with van der Waals surface area (Å²) in [6, 6.07) is 40.9. The molecule has 0 unspecified atom stereocenters. The molecule has 8 rings (SSSR count). The standard InChI is InChI=1S/C32H19N3S/c1-3-14-26-20(10-1)22-12-5-7-18-28(22)35-31(26)33-34-32(35)27-15-4-2-11-21(27)24-16-9-17-25-23-13-6-8-19-29(23)36-30(24)25/h1-19H. The molecule has 8 aromatic rings. The van der Waals surface area contributed by atoms with Crippen molar-refractivity contribution < 1.29 is 0 Å². The van der Waals surface area contributed by atoms with Gasteiger partial charge in [0.1, 0.15) is 0 Å². The van der Waals surface area contributed by atoms with Crippen molar-refractivity contribution in [2.45, 2.75) is 0 Å². The number of para-hydroxylation sites is 1. The van der Waals surface area contributed by atoms with Crippen LogP contribution in [0.2, 0.25) is 0 Å². The van der Waals surface area contributed by atoms with E-state index in [2.05, 4.69) is 120 Å². The van der Waals surface area contributed by atoms with Gasteiger partial charge < -0.3 is 0 Å². The summed E-state index contributed by atoms with van der Waals surface area (Å²) in [6.45, 7) is 0. The minimum Gasteiger partial charge on any atom is -0.274 e. The lowest BCUT2D eigenvalue weighted by Gasteiger charge is -2.12. The van der Waals surface area contributed by atoms with Gasteiger partial charge in [-0.05, 0) is 23.1 Å². The molecule has 3 nitrogen and oxygen atoms in total. The van der Waals surface area contributed by atoms with Gasteiger partial charge in [-0.1, -0.05) is 103 Å². The smallest absolute Gasteiger partial charge is 0.169 e. The molecule has 0 amide bonds. The molecule has 0 atom stereocenters. The third-order valence-electron chi connectivity index (χ3n) is 7.13. The number of benzene rings is 5. The van der Waals surface area contributed by atoms with E-state index in [-0.39, 0.29) is 0 Å². The molecule has 0 bridgehead atoms. The summed E-state index contributed by atoms with van der Waals surface area (Å²) in [5, 5.41) is 15.6. The summed E-state index contributed by atoms with van der Waals surface area (Å²) < 4.78 is 4.83. The highest BCUT2D eigenvalue weighted by molar-refractivity contribution is 7.26. The topological polar surface area (TPSA) is 30.2 Å². The molecule has 0 aliphatic rings. The van der Waals surface area contributed by atoms with Crippen molar-refractivity contribution >= 4 is 58.8 Å². The van der Waals surface area contributed by atoms with E-state index >= 15 is 0 Å². The van der Waals surface area contributed by atoms with E-state index in [4.69, 9.17) is 10.2 Å². The van der Waals surface area contributed by atoms with Crippen molar-refractivity contribution in [3.05, 3.63) is 115 Å². The molecule has 0 fully saturated rings. The Kier molecular flexibility index (Phi) is 4.10. The summed E-state index contributed by atoms with van der Waals surface area (Å²) in [5.41, 5.74) is 5.47. The van der Waals surface area contributed by atoms with E-state index in [1.54, 1.807) is 0 Å². The molecule has 3 aromatic heterocycles. The first-order chi connectivity index (χ1) is 17.9. The summed E-state index contributed by atoms with van der Waals surface area (Å²) in [7, 11) is 0. The molecule has 0 saturated heterocycles. The maximum Gasteiger partial charge on any atom is 0.169 e. The molecule has 0 saturated carbocycles. The average molecular weight is 478 g/mol. The molecule has 168 valence electrons. The van der Waals surface area contributed by atoms with Crippen LogP contribution in [-0.4, -0.2) is 14.6 Å². The number of hydrogen-bond donors (Lipinski definition) is 0. The van der Waals surface area contributed by atoms with Crippen molar-refractivity contribution in [3.8, 4) is 22.5 Å². The molecular formula is C32H19N3S. The fraction of sp³-hybridized carbons (Fsp3) is 0. The predicted octanol–water partition coefficient (Wildman–Crippen LogP) is 8.74. The van der Waals surface area contributed by atoms with Crippen molar-refractivity contribution in [3.63, 3.8) is 0 Å². The highest BCUT2D eigenvalue weighted by Gasteiger charge is 2.19. The first-order valence-corrected chi connectivity index (χ1v) is 12.8. The van der Waals surface area contributed by atoms with Gasteiger partial charge in [0.2, 0.25) is 0 Å². The van der Waals surface area contributed by atoms with Crippen LogP contribution in [0.4, 0.5) is 0 Å². The van der Waals surface area contributed by atoms with Crippen LogP contribution in [0.1, 0.15) is 0 Å². The van der Waals surface area contributed by atoms with E-state index in [0.717, 1.165) is 27.9 Å². The van der Waals surface area contributed by atoms with Gasteiger partial charge in [-0.3, -0.25) is 4.40 Å². The van der Waals surface area contributed by atoms with Crippen LogP contribution in [0.5, 0.6) is 0 Å². The molecule has 0 radical (unpaired) electrons. The van der Waals surface area contributed by atoms with Gasteiger partial charge in [-0.2, -0.15) is 0 Å². The minimum absolute atomic E-state index is 0.862. The van der Waals surface area contributed by atoms with E-state index in [0.29, 0.717) is 0 Å². The van der Waals surface area contributed by atoms with Gasteiger partial charge in [0, 0.05) is 42.1 Å². The Hall–Kier alpha value is -4.54. The number of hydrogen-bond acceptors (Lipinski definition) is 3. The zero-order valence-corrected chi connectivity index (χ0v) is 20.0. The Bertz CT molecular complexity index is 2120. The Balaban J connectivity index is 1.48. The third kappa shape index (κ3) is 2.67. The summed E-state index contributed by atoms with van der Waals surface area (Å²) in [6.07, 6.45) is 0. The lowest BCUT2D eigenvalue weighted by molar-refractivity contribution is 1.12. The second kappa shape index (κ2) is 7.48. The van der Waals surface area contributed by atoms with E-state index in [1.165, 1.54) is 42.1 Å². The van der Waals surface area contributed by atoms with Gasteiger partial charge in [-0.15, -0.1) is 21.5 Å². The molecule has 0 spiro atoms. The van der Waals surface area contributed by atoms with Crippen LogP contribution in [0.15, 0.2) is 115 Å². The Morgan fingerprint density at radius 3 is 2.00 bits per heavy atom. The van der Waals surface area contributed by atoms with Crippen LogP contribution in [0, 0.1) is 0 Å². The van der Waals surface area contributed by atoms with Gasteiger partial charge in [0.05, 0.1) is 5.52 Å². The molecule has 0 aliphatic heterocycles. The Morgan fingerprint density at radius 1 is 0.472 bits per heavy atom. The van der Waals surface area contributed by atoms with Crippen molar-refractivity contribution in [2.24, 2.45) is 0 Å². The summed E-state index contributed by atoms with van der Waals surface area (Å²) >= 11 is 1.85. The van der Waals surface area contributed by atoms with Crippen LogP contribution < -0.4 is 0 Å². The fourth-order valence-electron chi connectivity index (χ4n) is 5.54. The molecule has 0 N–H and O–H groups in total. The minimum atomic E-state index is 0.862. The van der Waals surface area contributed by atoms with Gasteiger partial charge in [-0.25, -0.2) is 0 Å². The highest BCUT2D eigenvalue weighted by Crippen LogP contribution is 2.43. The number of aromatic nitrogens is 3. The van der Waals surface area contributed by atoms with Crippen molar-refractivity contribution in [1.29, 1.82) is 0 Å². The normalized spacial score (nSPS) is 11.9. The van der Waals surface area contributed by atoms with Crippen molar-refractivity contribution in [1.82, 2.24) is 14.6 Å². The van der Waals surface area contributed by atoms with Crippen LogP contribution in [0.3, 0.4) is 0 Å². The summed E-state index contributed by atoms with van der Waals surface area (Å²) in [4.78, 5) is 0. The SMILES string of the molecule is c1ccc(-c2nnc3c4ccccc4c4ccccc4n23)c(-c2cccc3c2sc2ccccc23)c1. The monoisotopic (exact) mass is 477 g/mol. The maximum absolute atomic E-state index is 4.79. The van der Waals surface area contributed by atoms with E-state index in [1.807, 2.05) is 11.3 Å². The molecule has 5 aromatic carbocycles. The first kappa shape index (κ1) is 19.7. The van der Waals surface area contributed by atoms with E-state index < -0.39 is 0 Å². The van der Waals surface area contributed by atoms with Crippen LogP contribution >= 0.6 is 11.3 Å². The second-order valence-corrected chi connectivity index (χ2v) is 10.1. The third-order valence-corrected chi connectivity index (χ3v) is 8.35. The number of rotatable bonds is 2. The molecular weight excluding hydrogens is 458 g/mol. The molecule has 4 heteroatoms. The number of fused-ring (bicyclic) bond motifs is 9. The van der Waals surface area contributed by atoms with Crippen molar-refractivity contribution in [2.75, 3.05) is 0 Å². The quantitative estimate of drug-likeness (QED) is 0.233. The Morgan fingerprint density at radius 2 is 1.11 bits per heavy atom. The van der Waals surface area contributed by atoms with Gasteiger partial charge in [0.15, 0.2) is 11.5 Å². The number of thiophene rings is 1. The van der Waals surface area contributed by atoms with Crippen LogP contribution in [-0.2, 0) is 0 Å². The zero-order valence-electron chi connectivity index (χ0n) is 19.2. The Labute approximate surface area is 210 Å². The van der Waals surface area contributed by atoms with Gasteiger partial charge in [0.25, 0.3) is 0 Å². The maximum atomic E-state index is 4.79.